The van der Waals surface area contributed by atoms with Gasteiger partial charge in [0.05, 0.1) is 5.60 Å². The van der Waals surface area contributed by atoms with Crippen LogP contribution >= 0.6 is 22.6 Å². The lowest BCUT2D eigenvalue weighted by Gasteiger charge is -2.38. The molecule has 1 aliphatic rings. The van der Waals surface area contributed by atoms with E-state index in [1.165, 1.54) is 9.13 Å². The predicted octanol–water partition coefficient (Wildman–Crippen LogP) is 2.19. The summed E-state index contributed by atoms with van der Waals surface area (Å²) in [6.45, 7) is 3.96. The highest BCUT2D eigenvalue weighted by molar-refractivity contribution is 14.1. The number of piperidine rings is 1. The molecule has 1 aromatic carbocycles. The van der Waals surface area contributed by atoms with Crippen molar-refractivity contribution in [3.05, 3.63) is 33.4 Å². The van der Waals surface area contributed by atoms with Gasteiger partial charge in [-0.15, -0.1) is 0 Å². The van der Waals surface area contributed by atoms with Crippen molar-refractivity contribution in [3.8, 4) is 0 Å². The van der Waals surface area contributed by atoms with E-state index in [0.717, 1.165) is 25.9 Å². The van der Waals surface area contributed by atoms with Gasteiger partial charge in [-0.2, -0.15) is 0 Å². The van der Waals surface area contributed by atoms with Crippen LogP contribution in [0.5, 0.6) is 0 Å². The summed E-state index contributed by atoms with van der Waals surface area (Å²) in [5.74, 6) is 0.320. The number of hydrogen-bond donors (Lipinski definition) is 2. The fraction of sp³-hybridized carbons (Fsp3) is 0.538. The molecule has 2 N–H and O–H groups in total. The Kier molecular flexibility index (Phi) is 3.87. The summed E-state index contributed by atoms with van der Waals surface area (Å²) >= 11 is 2.30. The van der Waals surface area contributed by atoms with Crippen LogP contribution in [0.1, 0.15) is 18.9 Å². The predicted molar refractivity (Wildman–Crippen MR) is 74.5 cm³/mol. The second kappa shape index (κ2) is 5.02. The van der Waals surface area contributed by atoms with Crippen LogP contribution in [0.2, 0.25) is 0 Å². The number of nitrogens with one attached hydrogen (secondary N) is 1. The van der Waals surface area contributed by atoms with Gasteiger partial charge in [0.1, 0.15) is 0 Å². The topological polar surface area (TPSA) is 32.3 Å². The van der Waals surface area contributed by atoms with Crippen molar-refractivity contribution in [3.63, 3.8) is 0 Å². The Morgan fingerprint density at radius 3 is 2.75 bits per heavy atom. The monoisotopic (exact) mass is 331 g/mol. The number of rotatable bonds is 2. The van der Waals surface area contributed by atoms with Gasteiger partial charge in [0, 0.05) is 16.5 Å². The van der Waals surface area contributed by atoms with E-state index in [9.17, 15) is 5.11 Å². The summed E-state index contributed by atoms with van der Waals surface area (Å²) in [4.78, 5) is 0. The molecule has 1 aromatic rings. The van der Waals surface area contributed by atoms with Gasteiger partial charge in [0.2, 0.25) is 0 Å². The standard InChI is InChI=1S/C13H18INO/c1-10-9-15-7-6-13(10,16)8-11-2-4-12(14)5-3-11/h2-5,10,15-16H,6-9H2,1H3. The van der Waals surface area contributed by atoms with Gasteiger partial charge in [0.25, 0.3) is 0 Å². The summed E-state index contributed by atoms with van der Waals surface area (Å²) in [6.07, 6.45) is 1.62. The van der Waals surface area contributed by atoms with Crippen molar-refractivity contribution in [1.82, 2.24) is 5.32 Å². The van der Waals surface area contributed by atoms with Crippen molar-refractivity contribution >= 4 is 22.6 Å². The van der Waals surface area contributed by atoms with E-state index in [4.69, 9.17) is 0 Å². The fourth-order valence-electron chi connectivity index (χ4n) is 2.28. The summed E-state index contributed by atoms with van der Waals surface area (Å²) in [5.41, 5.74) is 0.703. The third-order valence-corrected chi connectivity index (χ3v) is 4.25. The lowest BCUT2D eigenvalue weighted by Crippen LogP contribution is -2.50. The largest absolute Gasteiger partial charge is 0.389 e. The first kappa shape index (κ1) is 12.3. The van der Waals surface area contributed by atoms with Gasteiger partial charge in [0.15, 0.2) is 0 Å². The molecule has 16 heavy (non-hydrogen) atoms. The summed E-state index contributed by atoms with van der Waals surface area (Å²) < 4.78 is 1.24. The molecule has 1 heterocycles. The van der Waals surface area contributed by atoms with Gasteiger partial charge in [-0.3, -0.25) is 0 Å². The molecule has 0 saturated carbocycles. The zero-order chi connectivity index (χ0) is 11.6. The lowest BCUT2D eigenvalue weighted by atomic mass is 9.78. The normalized spacial score (nSPS) is 30.3. The van der Waals surface area contributed by atoms with Gasteiger partial charge in [-0.25, -0.2) is 0 Å². The highest BCUT2D eigenvalue weighted by Gasteiger charge is 2.35. The molecule has 0 radical (unpaired) electrons. The zero-order valence-electron chi connectivity index (χ0n) is 9.54. The Labute approximate surface area is 111 Å². The molecule has 0 spiro atoms. The van der Waals surface area contributed by atoms with Crippen molar-refractivity contribution in [1.29, 1.82) is 0 Å². The second-order valence-electron chi connectivity index (χ2n) is 4.76. The van der Waals surface area contributed by atoms with Crippen molar-refractivity contribution in [2.75, 3.05) is 13.1 Å². The average Bonchev–Trinajstić information content (AvgIpc) is 2.26. The molecule has 0 aliphatic carbocycles. The molecular weight excluding hydrogens is 313 g/mol. The molecule has 1 saturated heterocycles. The van der Waals surface area contributed by atoms with Crippen LogP contribution in [0, 0.1) is 9.49 Å². The minimum atomic E-state index is -0.530. The molecule has 2 nitrogen and oxygen atoms in total. The Balaban J connectivity index is 2.10. The highest BCUT2D eigenvalue weighted by Crippen LogP contribution is 2.28. The lowest BCUT2D eigenvalue weighted by molar-refractivity contribution is -0.0329. The Hall–Kier alpha value is -0.130. The number of aliphatic hydroxyl groups is 1. The smallest absolute Gasteiger partial charge is 0.0737 e. The zero-order valence-corrected chi connectivity index (χ0v) is 11.7. The molecule has 2 atom stereocenters. The van der Waals surface area contributed by atoms with Crippen molar-refractivity contribution in [2.45, 2.75) is 25.4 Å². The molecule has 1 fully saturated rings. The van der Waals surface area contributed by atoms with Gasteiger partial charge >= 0.3 is 0 Å². The number of benzene rings is 1. The fourth-order valence-corrected chi connectivity index (χ4v) is 2.64. The third kappa shape index (κ3) is 2.76. The maximum Gasteiger partial charge on any atom is 0.0737 e. The van der Waals surface area contributed by atoms with E-state index >= 15 is 0 Å². The van der Waals surface area contributed by atoms with E-state index in [1.54, 1.807) is 0 Å². The third-order valence-electron chi connectivity index (χ3n) is 3.53. The molecule has 0 bridgehead atoms. The van der Waals surface area contributed by atoms with Crippen molar-refractivity contribution < 1.29 is 5.11 Å². The SMILES string of the molecule is CC1CNCCC1(O)Cc1ccc(I)cc1. The van der Waals surface area contributed by atoms with E-state index < -0.39 is 5.60 Å². The van der Waals surface area contributed by atoms with Crippen LogP contribution < -0.4 is 5.32 Å². The molecule has 0 aromatic heterocycles. The number of hydrogen-bond acceptors (Lipinski definition) is 2. The molecular formula is C13H18INO. The second-order valence-corrected chi connectivity index (χ2v) is 6.01. The van der Waals surface area contributed by atoms with E-state index in [2.05, 4.69) is 59.1 Å². The van der Waals surface area contributed by atoms with Crippen molar-refractivity contribution in [2.24, 2.45) is 5.92 Å². The molecule has 2 unspecified atom stereocenters. The Morgan fingerprint density at radius 2 is 2.12 bits per heavy atom. The van der Waals surface area contributed by atoms with E-state index in [-0.39, 0.29) is 0 Å². The summed E-state index contributed by atoms with van der Waals surface area (Å²) in [5, 5.41) is 13.9. The van der Waals surface area contributed by atoms with E-state index in [0.29, 0.717) is 5.92 Å². The van der Waals surface area contributed by atoms with Gasteiger partial charge < -0.3 is 10.4 Å². The van der Waals surface area contributed by atoms with Crippen LogP contribution in [0.4, 0.5) is 0 Å². The molecule has 88 valence electrons. The number of halogens is 1. The molecule has 3 heteroatoms. The Morgan fingerprint density at radius 1 is 1.44 bits per heavy atom. The van der Waals surface area contributed by atoms with Crippen LogP contribution in [-0.2, 0) is 6.42 Å². The minimum Gasteiger partial charge on any atom is -0.389 e. The van der Waals surface area contributed by atoms with Crippen LogP contribution in [0.25, 0.3) is 0 Å². The average molecular weight is 331 g/mol. The Bertz CT molecular complexity index is 351. The molecule has 2 rings (SSSR count). The quantitative estimate of drug-likeness (QED) is 0.815. The van der Waals surface area contributed by atoms with E-state index in [1.807, 2.05) is 0 Å². The first-order chi connectivity index (χ1) is 7.60. The van der Waals surface area contributed by atoms with Crippen LogP contribution in [-0.4, -0.2) is 23.8 Å². The maximum atomic E-state index is 10.6. The summed E-state index contributed by atoms with van der Waals surface area (Å²) in [7, 11) is 0. The molecule has 0 amide bonds. The highest BCUT2D eigenvalue weighted by atomic mass is 127. The van der Waals surface area contributed by atoms with Crippen LogP contribution in [0.3, 0.4) is 0 Å². The first-order valence-corrected chi connectivity index (χ1v) is 6.85. The first-order valence-electron chi connectivity index (χ1n) is 5.78. The molecule has 1 aliphatic heterocycles. The maximum absolute atomic E-state index is 10.6. The summed E-state index contributed by atoms with van der Waals surface area (Å²) in [6, 6.07) is 8.44. The van der Waals surface area contributed by atoms with Gasteiger partial charge in [-0.05, 0) is 59.2 Å². The van der Waals surface area contributed by atoms with Gasteiger partial charge in [-0.1, -0.05) is 19.1 Å². The minimum absolute atomic E-state index is 0.320. The van der Waals surface area contributed by atoms with Crippen LogP contribution in [0.15, 0.2) is 24.3 Å².